The third-order valence-electron chi connectivity index (χ3n) is 9.05. The van der Waals surface area contributed by atoms with E-state index in [1.165, 1.54) is 124 Å². The van der Waals surface area contributed by atoms with Crippen molar-refractivity contribution in [2.75, 3.05) is 24.6 Å². The lowest BCUT2D eigenvalue weighted by Crippen LogP contribution is -2.41. The van der Waals surface area contributed by atoms with E-state index in [-0.39, 0.29) is 11.8 Å². The van der Waals surface area contributed by atoms with Crippen molar-refractivity contribution in [1.82, 2.24) is 10.6 Å². The summed E-state index contributed by atoms with van der Waals surface area (Å²) in [7, 11) is 2.91. The second-order valence-corrected chi connectivity index (χ2v) is 16.4. The molecule has 0 saturated heterocycles. The molecular weight excluding hydrogens is 673 g/mol. The van der Waals surface area contributed by atoms with Crippen LogP contribution in [0.3, 0.4) is 0 Å². The molecule has 294 valence electrons. The van der Waals surface area contributed by atoms with Crippen LogP contribution in [0.2, 0.25) is 0 Å². The summed E-state index contributed by atoms with van der Waals surface area (Å²) in [6.45, 7) is 1.59. The van der Waals surface area contributed by atoms with Gasteiger partial charge in [-0.25, -0.2) is 9.59 Å². The maximum Gasteiger partial charge on any atom is 0.326 e. The zero-order valence-electron chi connectivity index (χ0n) is 31.3. The van der Waals surface area contributed by atoms with Gasteiger partial charge in [0.2, 0.25) is 11.8 Å². The molecule has 0 aliphatic carbocycles. The van der Waals surface area contributed by atoms with E-state index in [2.05, 4.69) is 10.6 Å². The van der Waals surface area contributed by atoms with Crippen LogP contribution in [0.1, 0.15) is 180 Å². The molecule has 2 atom stereocenters. The third kappa shape index (κ3) is 33.6. The van der Waals surface area contributed by atoms with Gasteiger partial charge in [0.15, 0.2) is 0 Å². The monoisotopic (exact) mass is 747 g/mol. The average Bonchev–Trinajstić information content (AvgIpc) is 3.09. The zero-order chi connectivity index (χ0) is 36.9. The summed E-state index contributed by atoms with van der Waals surface area (Å²) in [6, 6.07) is -1.86. The van der Waals surface area contributed by atoms with Crippen LogP contribution in [-0.2, 0) is 19.2 Å². The van der Waals surface area contributed by atoms with Gasteiger partial charge in [-0.3, -0.25) is 9.59 Å². The number of hydrogen-bond donors (Lipinski definition) is 6. The van der Waals surface area contributed by atoms with E-state index in [9.17, 15) is 29.4 Å². The summed E-state index contributed by atoms with van der Waals surface area (Å²) in [5.41, 5.74) is 11.0. The van der Waals surface area contributed by atoms with Crippen molar-refractivity contribution in [3.8, 4) is 0 Å². The van der Waals surface area contributed by atoms with Gasteiger partial charge in [0.25, 0.3) is 0 Å². The Balaban J connectivity index is 3.87. The van der Waals surface area contributed by atoms with Gasteiger partial charge in [0.1, 0.15) is 12.1 Å². The van der Waals surface area contributed by atoms with E-state index in [0.29, 0.717) is 37.2 Å². The Hall–Kier alpha value is -1.50. The standard InChI is InChI=1S/C38H74N4O6S2/c39-29-23-19-15-11-7-3-1-5-9-13-17-21-25-35(43)41-33(37(45)46)27-31-49-50-32-28-34(38(47)48)42-36(44)26-22-18-14-10-6-2-4-8-12-16-20-24-30-40/h33-34H,1-32,39-40H2,(H,41,43)(H,42,44)(H,45,46)(H,47,48). The maximum atomic E-state index is 12.3. The van der Waals surface area contributed by atoms with Gasteiger partial charge < -0.3 is 32.3 Å². The molecule has 12 heteroatoms. The van der Waals surface area contributed by atoms with E-state index in [0.717, 1.165) is 64.5 Å². The Morgan fingerprint density at radius 1 is 0.420 bits per heavy atom. The van der Waals surface area contributed by atoms with Crippen molar-refractivity contribution in [3.05, 3.63) is 0 Å². The lowest BCUT2D eigenvalue weighted by molar-refractivity contribution is -0.142. The molecule has 2 amide bonds. The first-order valence-corrected chi connectivity index (χ1v) is 22.5. The molecule has 50 heavy (non-hydrogen) atoms. The number of unbranched alkanes of at least 4 members (excludes halogenated alkanes) is 22. The van der Waals surface area contributed by atoms with Crippen LogP contribution in [-0.4, -0.2) is 70.6 Å². The molecule has 0 radical (unpaired) electrons. The molecule has 10 nitrogen and oxygen atoms in total. The quantitative estimate of drug-likeness (QED) is 0.0264. The molecule has 0 aromatic rings. The van der Waals surface area contributed by atoms with Crippen LogP contribution in [0.25, 0.3) is 0 Å². The first-order valence-electron chi connectivity index (χ1n) is 20.0. The number of carbonyl (C=O) groups is 4. The van der Waals surface area contributed by atoms with Gasteiger partial charge in [-0.2, -0.15) is 0 Å². The normalized spacial score (nSPS) is 12.4. The van der Waals surface area contributed by atoms with Crippen molar-refractivity contribution < 1.29 is 29.4 Å². The fraction of sp³-hybridized carbons (Fsp3) is 0.895. The molecule has 0 spiro atoms. The van der Waals surface area contributed by atoms with Gasteiger partial charge in [-0.1, -0.05) is 150 Å². The third-order valence-corrected chi connectivity index (χ3v) is 11.5. The summed E-state index contributed by atoms with van der Waals surface area (Å²) >= 11 is 0. The van der Waals surface area contributed by atoms with E-state index < -0.39 is 24.0 Å². The van der Waals surface area contributed by atoms with Crippen molar-refractivity contribution in [3.63, 3.8) is 0 Å². The van der Waals surface area contributed by atoms with E-state index in [1.54, 1.807) is 0 Å². The van der Waals surface area contributed by atoms with Crippen LogP contribution >= 0.6 is 21.6 Å². The SMILES string of the molecule is NCCCCCCCCCCCCCCC(=O)NC(CCSSCCC(NC(=O)CCCCCCCCCCCCCCN)C(=O)O)C(=O)O. The van der Waals surface area contributed by atoms with Crippen LogP contribution in [0.15, 0.2) is 0 Å². The van der Waals surface area contributed by atoms with Gasteiger partial charge in [-0.15, -0.1) is 0 Å². The van der Waals surface area contributed by atoms with E-state index >= 15 is 0 Å². The van der Waals surface area contributed by atoms with Gasteiger partial charge in [-0.05, 0) is 51.6 Å². The molecule has 0 heterocycles. The number of aliphatic carboxylic acids is 2. The minimum Gasteiger partial charge on any atom is -0.480 e. The number of rotatable bonds is 39. The summed E-state index contributed by atoms with van der Waals surface area (Å²) in [5, 5.41) is 24.4. The predicted octanol–water partition coefficient (Wildman–Crippen LogP) is 8.35. The minimum atomic E-state index is -1.04. The van der Waals surface area contributed by atoms with E-state index in [4.69, 9.17) is 11.5 Å². The molecule has 0 aromatic heterocycles. The van der Waals surface area contributed by atoms with Crippen molar-refractivity contribution in [2.24, 2.45) is 11.5 Å². The number of carbonyl (C=O) groups excluding carboxylic acids is 2. The molecule has 0 fully saturated rings. The first-order chi connectivity index (χ1) is 24.3. The number of nitrogens with two attached hydrogens (primary N) is 2. The second-order valence-electron chi connectivity index (χ2n) is 13.7. The predicted molar refractivity (Wildman–Crippen MR) is 211 cm³/mol. The van der Waals surface area contributed by atoms with E-state index in [1.807, 2.05) is 0 Å². The van der Waals surface area contributed by atoms with Crippen LogP contribution in [0.4, 0.5) is 0 Å². The summed E-state index contributed by atoms with van der Waals surface area (Å²) in [5.74, 6) is -1.51. The molecule has 0 saturated carbocycles. The highest BCUT2D eigenvalue weighted by molar-refractivity contribution is 8.76. The number of carboxylic acids is 2. The first kappa shape index (κ1) is 48.5. The second kappa shape index (κ2) is 37.3. The number of hydrogen-bond acceptors (Lipinski definition) is 8. The molecule has 8 N–H and O–H groups in total. The fourth-order valence-corrected chi connectivity index (χ4v) is 8.08. The Morgan fingerprint density at radius 3 is 0.900 bits per heavy atom. The zero-order valence-corrected chi connectivity index (χ0v) is 32.9. The fourth-order valence-electron chi connectivity index (χ4n) is 5.89. The highest BCUT2D eigenvalue weighted by atomic mass is 33.1. The van der Waals surface area contributed by atoms with Crippen molar-refractivity contribution in [2.45, 2.75) is 192 Å². The van der Waals surface area contributed by atoms with Crippen LogP contribution in [0.5, 0.6) is 0 Å². The highest BCUT2D eigenvalue weighted by Gasteiger charge is 2.21. The molecule has 2 unspecified atom stereocenters. The summed E-state index contributed by atoms with van der Waals surface area (Å²) in [4.78, 5) is 48.0. The Bertz CT molecular complexity index is 773. The number of nitrogens with one attached hydrogen (secondary N) is 2. The minimum absolute atomic E-state index is 0.222. The highest BCUT2D eigenvalue weighted by Crippen LogP contribution is 2.24. The Labute approximate surface area is 312 Å². The summed E-state index contributed by atoms with van der Waals surface area (Å²) < 4.78 is 0. The van der Waals surface area contributed by atoms with Crippen LogP contribution in [0, 0.1) is 0 Å². The van der Waals surface area contributed by atoms with Crippen LogP contribution < -0.4 is 22.1 Å². The smallest absolute Gasteiger partial charge is 0.326 e. The summed E-state index contributed by atoms with van der Waals surface area (Å²) in [6.07, 6.45) is 29.4. The largest absolute Gasteiger partial charge is 0.480 e. The molecule has 0 aliphatic heterocycles. The Kier molecular flexibility index (Phi) is 36.1. The Morgan fingerprint density at radius 2 is 0.660 bits per heavy atom. The van der Waals surface area contributed by atoms with Crippen molar-refractivity contribution in [1.29, 1.82) is 0 Å². The number of amides is 2. The molecule has 0 rings (SSSR count). The van der Waals surface area contributed by atoms with Crippen molar-refractivity contribution >= 4 is 45.3 Å². The lowest BCUT2D eigenvalue weighted by Gasteiger charge is -2.15. The maximum absolute atomic E-state index is 12.3. The molecular formula is C38H74N4O6S2. The lowest BCUT2D eigenvalue weighted by atomic mass is 10.0. The van der Waals surface area contributed by atoms with Gasteiger partial charge >= 0.3 is 11.9 Å². The van der Waals surface area contributed by atoms with Gasteiger partial charge in [0.05, 0.1) is 0 Å². The molecule has 0 aromatic carbocycles. The van der Waals surface area contributed by atoms with Gasteiger partial charge in [0, 0.05) is 24.3 Å². The molecule has 0 aliphatic rings. The average molecular weight is 747 g/mol. The number of carboxylic acid groups (broad SMARTS) is 2. The topological polar surface area (TPSA) is 185 Å². The molecule has 0 bridgehead atoms.